The zero-order valence-electron chi connectivity index (χ0n) is 9.68. The normalized spacial score (nSPS) is 25.9. The Labute approximate surface area is 110 Å². The van der Waals surface area contributed by atoms with E-state index in [0.29, 0.717) is 6.42 Å². The van der Waals surface area contributed by atoms with Crippen LogP contribution in [0.2, 0.25) is 5.15 Å². The van der Waals surface area contributed by atoms with Gasteiger partial charge in [-0.25, -0.2) is 18.4 Å². The summed E-state index contributed by atoms with van der Waals surface area (Å²) in [7, 11) is -3.06. The van der Waals surface area contributed by atoms with Gasteiger partial charge in [0.2, 0.25) is 0 Å². The van der Waals surface area contributed by atoms with E-state index in [1.165, 1.54) is 12.4 Å². The molecule has 0 aromatic carbocycles. The molecule has 1 aromatic rings. The van der Waals surface area contributed by atoms with Gasteiger partial charge in [0.25, 0.3) is 5.91 Å². The maximum atomic E-state index is 11.9. The molecule has 1 atom stereocenters. The van der Waals surface area contributed by atoms with Gasteiger partial charge < -0.3 is 5.32 Å². The fourth-order valence-electron chi connectivity index (χ4n) is 1.88. The summed E-state index contributed by atoms with van der Waals surface area (Å²) in [5.41, 5.74) is -0.623. The zero-order chi connectivity index (χ0) is 13.4. The number of carbonyl (C=O) groups excluding carboxylic acids is 1. The molecule has 2 rings (SSSR count). The number of nitrogens with zero attached hydrogens (tertiary/aromatic N) is 2. The number of sulfone groups is 1. The number of amides is 1. The molecule has 1 saturated heterocycles. The highest BCUT2D eigenvalue weighted by Gasteiger charge is 2.39. The van der Waals surface area contributed by atoms with Crippen LogP contribution in [0.1, 0.15) is 23.8 Å². The van der Waals surface area contributed by atoms with Crippen molar-refractivity contribution in [3.8, 4) is 0 Å². The lowest BCUT2D eigenvalue weighted by Crippen LogP contribution is -2.47. The highest BCUT2D eigenvalue weighted by molar-refractivity contribution is 7.91. The van der Waals surface area contributed by atoms with Gasteiger partial charge in [-0.2, -0.15) is 0 Å². The number of rotatable bonds is 2. The molecule has 1 amide bonds. The smallest absolute Gasteiger partial charge is 0.271 e. The standard InChI is InChI=1S/C10H12ClN3O3S/c1-10(2-3-18(16,17)6-10)14-9(15)7-4-13-8(11)5-12-7/h4-5H,2-3,6H2,1H3,(H,14,15). The van der Waals surface area contributed by atoms with Crippen LogP contribution in [0.4, 0.5) is 0 Å². The van der Waals surface area contributed by atoms with E-state index in [4.69, 9.17) is 11.6 Å². The number of halogens is 1. The number of carbonyl (C=O) groups is 1. The van der Waals surface area contributed by atoms with E-state index in [0.717, 1.165) is 0 Å². The summed E-state index contributed by atoms with van der Waals surface area (Å²) in [5.74, 6) is -0.401. The highest BCUT2D eigenvalue weighted by atomic mass is 35.5. The van der Waals surface area contributed by atoms with Gasteiger partial charge in [0.15, 0.2) is 9.84 Å². The lowest BCUT2D eigenvalue weighted by molar-refractivity contribution is 0.0910. The summed E-state index contributed by atoms with van der Waals surface area (Å²) in [6.45, 7) is 1.71. The van der Waals surface area contributed by atoms with Crippen molar-refractivity contribution in [2.75, 3.05) is 11.5 Å². The van der Waals surface area contributed by atoms with Gasteiger partial charge in [-0.3, -0.25) is 4.79 Å². The predicted molar refractivity (Wildman–Crippen MR) is 66.2 cm³/mol. The maximum Gasteiger partial charge on any atom is 0.271 e. The lowest BCUT2D eigenvalue weighted by Gasteiger charge is -2.23. The van der Waals surface area contributed by atoms with Crippen molar-refractivity contribution in [3.63, 3.8) is 0 Å². The Morgan fingerprint density at radius 2 is 2.17 bits per heavy atom. The van der Waals surface area contributed by atoms with E-state index in [-0.39, 0.29) is 22.4 Å². The van der Waals surface area contributed by atoms with E-state index < -0.39 is 21.3 Å². The fraction of sp³-hybridized carbons (Fsp3) is 0.500. The average Bonchev–Trinajstić information content (AvgIpc) is 2.53. The Balaban J connectivity index is 2.10. The third-order valence-corrected chi connectivity index (χ3v) is 4.87. The van der Waals surface area contributed by atoms with Gasteiger partial charge in [0.05, 0.1) is 29.4 Å². The van der Waals surface area contributed by atoms with Crippen molar-refractivity contribution < 1.29 is 13.2 Å². The molecule has 1 N–H and O–H groups in total. The summed E-state index contributed by atoms with van der Waals surface area (Å²) in [4.78, 5) is 19.5. The van der Waals surface area contributed by atoms with Gasteiger partial charge >= 0.3 is 0 Å². The number of aromatic nitrogens is 2. The molecule has 2 heterocycles. The van der Waals surface area contributed by atoms with Crippen molar-refractivity contribution in [2.24, 2.45) is 0 Å². The largest absolute Gasteiger partial charge is 0.344 e. The van der Waals surface area contributed by atoms with Crippen molar-refractivity contribution in [1.29, 1.82) is 0 Å². The van der Waals surface area contributed by atoms with Crippen LogP contribution in [0.25, 0.3) is 0 Å². The van der Waals surface area contributed by atoms with Crippen LogP contribution in [0.15, 0.2) is 12.4 Å². The van der Waals surface area contributed by atoms with Gasteiger partial charge in [0, 0.05) is 0 Å². The summed E-state index contributed by atoms with van der Waals surface area (Å²) >= 11 is 5.57. The van der Waals surface area contributed by atoms with Crippen molar-refractivity contribution >= 4 is 27.3 Å². The lowest BCUT2D eigenvalue weighted by atomic mass is 10.0. The first kappa shape index (κ1) is 13.2. The van der Waals surface area contributed by atoms with E-state index in [2.05, 4.69) is 15.3 Å². The summed E-state index contributed by atoms with van der Waals surface area (Å²) in [6.07, 6.45) is 2.93. The first-order valence-corrected chi connectivity index (χ1v) is 7.50. The van der Waals surface area contributed by atoms with Crippen LogP contribution in [0.5, 0.6) is 0 Å². The highest BCUT2D eigenvalue weighted by Crippen LogP contribution is 2.23. The number of nitrogens with one attached hydrogen (secondary N) is 1. The monoisotopic (exact) mass is 289 g/mol. The van der Waals surface area contributed by atoms with Gasteiger partial charge in [0.1, 0.15) is 10.8 Å². The average molecular weight is 290 g/mol. The minimum Gasteiger partial charge on any atom is -0.344 e. The second kappa shape index (κ2) is 4.47. The molecule has 18 heavy (non-hydrogen) atoms. The minimum absolute atomic E-state index is 0.0489. The summed E-state index contributed by atoms with van der Waals surface area (Å²) in [6, 6.07) is 0. The molecule has 6 nitrogen and oxygen atoms in total. The van der Waals surface area contributed by atoms with Crippen LogP contribution in [-0.2, 0) is 9.84 Å². The Morgan fingerprint density at radius 3 is 2.67 bits per heavy atom. The SMILES string of the molecule is CC1(NC(=O)c2cnc(Cl)cn2)CCS(=O)(=O)C1. The molecule has 1 unspecified atom stereocenters. The van der Waals surface area contributed by atoms with Crippen LogP contribution < -0.4 is 5.32 Å². The van der Waals surface area contributed by atoms with Crippen LogP contribution in [0.3, 0.4) is 0 Å². The van der Waals surface area contributed by atoms with Crippen molar-refractivity contribution in [3.05, 3.63) is 23.2 Å². The van der Waals surface area contributed by atoms with Gasteiger partial charge in [-0.15, -0.1) is 0 Å². The second-order valence-electron chi connectivity index (χ2n) is 4.58. The Hall–Kier alpha value is -1.21. The number of hydrogen-bond donors (Lipinski definition) is 1. The molecule has 1 aromatic heterocycles. The molecule has 8 heteroatoms. The molecule has 1 aliphatic rings. The summed E-state index contributed by atoms with van der Waals surface area (Å²) in [5, 5.41) is 2.88. The molecule has 1 aliphatic heterocycles. The third kappa shape index (κ3) is 2.97. The van der Waals surface area contributed by atoms with Gasteiger partial charge in [-0.1, -0.05) is 11.6 Å². The van der Waals surface area contributed by atoms with Gasteiger partial charge in [-0.05, 0) is 13.3 Å². The quantitative estimate of drug-likeness (QED) is 0.853. The van der Waals surface area contributed by atoms with Crippen LogP contribution >= 0.6 is 11.6 Å². The Morgan fingerprint density at radius 1 is 1.44 bits per heavy atom. The van der Waals surface area contributed by atoms with Crippen LogP contribution in [0, 0.1) is 0 Å². The Bertz CT molecular complexity index is 573. The van der Waals surface area contributed by atoms with E-state index >= 15 is 0 Å². The molecular weight excluding hydrogens is 278 g/mol. The molecular formula is C10H12ClN3O3S. The summed E-state index contributed by atoms with van der Waals surface area (Å²) < 4.78 is 22.8. The minimum atomic E-state index is -3.06. The molecule has 1 fully saturated rings. The fourth-order valence-corrected chi connectivity index (χ4v) is 4.07. The Kier molecular flexibility index (Phi) is 3.29. The zero-order valence-corrected chi connectivity index (χ0v) is 11.3. The van der Waals surface area contributed by atoms with Crippen LogP contribution in [-0.4, -0.2) is 41.3 Å². The molecule has 98 valence electrons. The number of hydrogen-bond acceptors (Lipinski definition) is 5. The first-order valence-electron chi connectivity index (χ1n) is 5.30. The topological polar surface area (TPSA) is 89.0 Å². The van der Waals surface area contributed by atoms with E-state index in [1.807, 2.05) is 0 Å². The second-order valence-corrected chi connectivity index (χ2v) is 7.15. The first-order chi connectivity index (χ1) is 8.30. The maximum absolute atomic E-state index is 11.9. The van der Waals surface area contributed by atoms with Crippen molar-refractivity contribution in [1.82, 2.24) is 15.3 Å². The van der Waals surface area contributed by atoms with E-state index in [1.54, 1.807) is 6.92 Å². The van der Waals surface area contributed by atoms with Crippen molar-refractivity contribution in [2.45, 2.75) is 18.9 Å². The third-order valence-electron chi connectivity index (χ3n) is 2.77. The molecule has 0 saturated carbocycles. The van der Waals surface area contributed by atoms with E-state index in [9.17, 15) is 13.2 Å². The molecule has 0 radical (unpaired) electrons. The predicted octanol–water partition coefficient (Wildman–Crippen LogP) is 0.437. The molecule has 0 spiro atoms. The molecule has 0 bridgehead atoms. The molecule has 0 aliphatic carbocycles.